The topological polar surface area (TPSA) is 86.8 Å². The van der Waals surface area contributed by atoms with Crippen LogP contribution in [0.5, 0.6) is 0 Å². The zero-order chi connectivity index (χ0) is 24.6. The Bertz CT molecular complexity index is 1080. The number of hydrogen-bond donors (Lipinski definition) is 1. The molecular weight excluding hydrogens is 530 g/mol. The summed E-state index contributed by atoms with van der Waals surface area (Å²) >= 11 is 9.45. The van der Waals surface area contributed by atoms with E-state index in [-0.39, 0.29) is 37.7 Å². The van der Waals surface area contributed by atoms with Gasteiger partial charge in [0.05, 0.1) is 11.9 Å². The summed E-state index contributed by atoms with van der Waals surface area (Å²) in [4.78, 5) is 27.1. The standard InChI is InChI=1S/C23H29BrClN3O4S/c1-4-26-23(30)17(2)27(16-18-8-5-9-19(24)14-18)22(29)12-7-13-28(33(3,31)32)21-11-6-10-20(25)15-21/h5-6,8-11,14-15,17H,4,7,12-13,16H2,1-3H3,(H,26,30)/t17-/m0/s1. The highest BCUT2D eigenvalue weighted by Crippen LogP contribution is 2.23. The zero-order valence-corrected chi connectivity index (χ0v) is 22.1. The number of halogens is 2. The van der Waals surface area contributed by atoms with E-state index in [2.05, 4.69) is 21.2 Å². The smallest absolute Gasteiger partial charge is 0.242 e. The van der Waals surface area contributed by atoms with E-state index in [1.807, 2.05) is 31.2 Å². The van der Waals surface area contributed by atoms with E-state index in [0.29, 0.717) is 17.3 Å². The van der Waals surface area contributed by atoms with Gasteiger partial charge in [0.25, 0.3) is 0 Å². The maximum absolute atomic E-state index is 13.1. The van der Waals surface area contributed by atoms with E-state index in [0.717, 1.165) is 16.3 Å². The molecule has 0 unspecified atom stereocenters. The molecule has 0 bridgehead atoms. The molecule has 0 fully saturated rings. The number of likely N-dealkylation sites (N-methyl/N-ethyl adjacent to an activating group) is 1. The monoisotopic (exact) mass is 557 g/mol. The van der Waals surface area contributed by atoms with Crippen LogP contribution < -0.4 is 9.62 Å². The van der Waals surface area contributed by atoms with E-state index in [9.17, 15) is 18.0 Å². The molecular formula is C23H29BrClN3O4S. The number of nitrogens with one attached hydrogen (secondary N) is 1. The molecule has 180 valence electrons. The van der Waals surface area contributed by atoms with Gasteiger partial charge in [-0.3, -0.25) is 13.9 Å². The minimum atomic E-state index is -3.56. The number of rotatable bonds is 11. The van der Waals surface area contributed by atoms with Crippen molar-refractivity contribution in [1.29, 1.82) is 0 Å². The molecule has 0 aliphatic heterocycles. The van der Waals surface area contributed by atoms with Gasteiger partial charge in [-0.25, -0.2) is 8.42 Å². The molecule has 2 aromatic carbocycles. The Morgan fingerprint density at radius 2 is 1.85 bits per heavy atom. The second-order valence-electron chi connectivity index (χ2n) is 7.64. The maximum atomic E-state index is 13.1. The van der Waals surface area contributed by atoms with Crippen LogP contribution in [0, 0.1) is 0 Å². The largest absolute Gasteiger partial charge is 0.355 e. The van der Waals surface area contributed by atoms with Gasteiger partial charge in [-0.2, -0.15) is 0 Å². The minimum absolute atomic E-state index is 0.0876. The number of carbonyl (C=O) groups excluding carboxylic acids is 2. The first-order valence-corrected chi connectivity index (χ1v) is 13.6. The molecule has 0 saturated carbocycles. The lowest BCUT2D eigenvalue weighted by molar-refractivity contribution is -0.140. The summed E-state index contributed by atoms with van der Waals surface area (Å²) in [5.41, 5.74) is 1.32. The number of amides is 2. The van der Waals surface area contributed by atoms with Crippen LogP contribution >= 0.6 is 27.5 Å². The van der Waals surface area contributed by atoms with Crippen molar-refractivity contribution in [2.45, 2.75) is 39.3 Å². The van der Waals surface area contributed by atoms with Crippen molar-refractivity contribution in [3.05, 3.63) is 63.6 Å². The Hall–Kier alpha value is -2.10. The van der Waals surface area contributed by atoms with Crippen LogP contribution in [0.25, 0.3) is 0 Å². The van der Waals surface area contributed by atoms with Gasteiger partial charge in [-0.05, 0) is 56.2 Å². The molecule has 2 amide bonds. The zero-order valence-electron chi connectivity index (χ0n) is 18.9. The van der Waals surface area contributed by atoms with Crippen molar-refractivity contribution < 1.29 is 18.0 Å². The summed E-state index contributed by atoms with van der Waals surface area (Å²) in [7, 11) is -3.56. The molecule has 0 saturated heterocycles. The number of hydrogen-bond acceptors (Lipinski definition) is 4. The van der Waals surface area contributed by atoms with Crippen LogP contribution in [0.15, 0.2) is 53.0 Å². The number of sulfonamides is 1. The molecule has 0 heterocycles. The van der Waals surface area contributed by atoms with E-state index in [1.165, 1.54) is 9.21 Å². The maximum Gasteiger partial charge on any atom is 0.242 e. The summed E-state index contributed by atoms with van der Waals surface area (Å²) in [5, 5.41) is 3.18. The van der Waals surface area contributed by atoms with Crippen LogP contribution in [-0.4, -0.2) is 50.5 Å². The van der Waals surface area contributed by atoms with Crippen molar-refractivity contribution in [1.82, 2.24) is 10.2 Å². The quantitative estimate of drug-likeness (QED) is 0.448. The van der Waals surface area contributed by atoms with Gasteiger partial charge in [-0.15, -0.1) is 0 Å². The number of carbonyl (C=O) groups is 2. The lowest BCUT2D eigenvalue weighted by Gasteiger charge is -2.29. The highest BCUT2D eigenvalue weighted by molar-refractivity contribution is 9.10. The van der Waals surface area contributed by atoms with Crippen LogP contribution in [0.1, 0.15) is 32.3 Å². The number of nitrogens with zero attached hydrogens (tertiary/aromatic N) is 2. The Kier molecular flexibility index (Phi) is 10.2. The first-order valence-electron chi connectivity index (χ1n) is 10.6. The third-order valence-corrected chi connectivity index (χ3v) is 6.93. The third-order valence-electron chi connectivity index (χ3n) is 5.01. The molecule has 0 aliphatic rings. The molecule has 7 nitrogen and oxygen atoms in total. The Labute approximate surface area is 209 Å². The molecule has 10 heteroatoms. The Morgan fingerprint density at radius 1 is 1.15 bits per heavy atom. The highest BCUT2D eigenvalue weighted by Gasteiger charge is 2.26. The molecule has 0 spiro atoms. The highest BCUT2D eigenvalue weighted by atomic mass is 79.9. The van der Waals surface area contributed by atoms with Gasteiger partial charge in [0.1, 0.15) is 6.04 Å². The van der Waals surface area contributed by atoms with Crippen LogP contribution in [0.2, 0.25) is 5.02 Å². The van der Waals surface area contributed by atoms with Crippen LogP contribution in [0.4, 0.5) is 5.69 Å². The fourth-order valence-electron chi connectivity index (χ4n) is 3.37. The first kappa shape index (κ1) is 27.1. The van der Waals surface area contributed by atoms with Crippen molar-refractivity contribution in [3.8, 4) is 0 Å². The SMILES string of the molecule is CCNC(=O)[C@H](C)N(Cc1cccc(Br)c1)C(=O)CCCN(c1cccc(Cl)c1)S(C)(=O)=O. The van der Waals surface area contributed by atoms with Crippen LogP contribution in [0.3, 0.4) is 0 Å². The average molecular weight is 559 g/mol. The Morgan fingerprint density at radius 3 is 2.45 bits per heavy atom. The van der Waals surface area contributed by atoms with Crippen molar-refractivity contribution in [2.24, 2.45) is 0 Å². The summed E-state index contributed by atoms with van der Waals surface area (Å²) in [6.07, 6.45) is 1.49. The lowest BCUT2D eigenvalue weighted by atomic mass is 10.1. The van der Waals surface area contributed by atoms with Gasteiger partial charge in [0.2, 0.25) is 21.8 Å². The molecule has 0 radical (unpaired) electrons. The number of benzene rings is 2. The second-order valence-corrected chi connectivity index (χ2v) is 10.9. The molecule has 1 atom stereocenters. The fourth-order valence-corrected chi connectivity index (χ4v) is 4.96. The van der Waals surface area contributed by atoms with Gasteiger partial charge in [-0.1, -0.05) is 45.7 Å². The Balaban J connectivity index is 2.15. The van der Waals surface area contributed by atoms with Gasteiger partial charge in [0.15, 0.2) is 0 Å². The molecule has 0 aromatic heterocycles. The molecule has 2 rings (SSSR count). The number of anilines is 1. The van der Waals surface area contributed by atoms with E-state index >= 15 is 0 Å². The lowest BCUT2D eigenvalue weighted by Crippen LogP contribution is -2.47. The predicted molar refractivity (Wildman–Crippen MR) is 136 cm³/mol. The van der Waals surface area contributed by atoms with Crippen molar-refractivity contribution in [3.63, 3.8) is 0 Å². The van der Waals surface area contributed by atoms with Gasteiger partial charge in [0, 0.05) is 35.6 Å². The average Bonchev–Trinajstić information content (AvgIpc) is 2.73. The molecule has 2 aromatic rings. The molecule has 1 N–H and O–H groups in total. The van der Waals surface area contributed by atoms with E-state index in [4.69, 9.17) is 11.6 Å². The van der Waals surface area contributed by atoms with Crippen molar-refractivity contribution in [2.75, 3.05) is 23.7 Å². The summed E-state index contributed by atoms with van der Waals surface area (Å²) in [5.74, 6) is -0.467. The predicted octanol–water partition coefficient (Wildman–Crippen LogP) is 4.20. The fraction of sp³-hybridized carbons (Fsp3) is 0.391. The van der Waals surface area contributed by atoms with E-state index < -0.39 is 16.1 Å². The first-order chi connectivity index (χ1) is 15.5. The summed E-state index contributed by atoms with van der Waals surface area (Å²) in [6, 6.07) is 13.4. The summed E-state index contributed by atoms with van der Waals surface area (Å²) in [6.45, 7) is 4.35. The van der Waals surface area contributed by atoms with Gasteiger partial charge < -0.3 is 10.2 Å². The van der Waals surface area contributed by atoms with E-state index in [1.54, 1.807) is 31.2 Å². The van der Waals surface area contributed by atoms with Crippen molar-refractivity contribution >= 4 is 55.1 Å². The van der Waals surface area contributed by atoms with Crippen LogP contribution in [-0.2, 0) is 26.2 Å². The minimum Gasteiger partial charge on any atom is -0.355 e. The second kappa shape index (κ2) is 12.4. The normalized spacial score (nSPS) is 12.2. The molecule has 33 heavy (non-hydrogen) atoms. The third kappa shape index (κ3) is 8.32. The van der Waals surface area contributed by atoms with Gasteiger partial charge >= 0.3 is 0 Å². The summed E-state index contributed by atoms with van der Waals surface area (Å²) < 4.78 is 26.8. The molecule has 0 aliphatic carbocycles.